The van der Waals surface area contributed by atoms with E-state index in [2.05, 4.69) is 10.1 Å². The molecule has 1 amide bonds. The number of alkyl carbamates (subject to hydrolysis) is 1. The van der Waals surface area contributed by atoms with E-state index in [1.54, 1.807) is 0 Å². The Labute approximate surface area is 112 Å². The van der Waals surface area contributed by atoms with Crippen molar-refractivity contribution >= 4 is 17.5 Å². The molecular weight excluding hydrogens is 274 g/mol. The molecule has 1 aromatic carbocycles. The van der Waals surface area contributed by atoms with Crippen LogP contribution in [0.25, 0.3) is 0 Å². The number of nitrogens with zero attached hydrogens (tertiary/aromatic N) is 2. The normalized spacial score (nSPS) is 9.85. The fraction of sp³-hybridized carbons (Fsp3) is 0.300. The number of nitro groups is 2. The average Bonchev–Trinajstić information content (AvgIpc) is 2.42. The molecule has 0 saturated heterocycles. The first-order chi connectivity index (χ1) is 9.47. The van der Waals surface area contributed by atoms with Crippen molar-refractivity contribution in [3.8, 4) is 0 Å². The quantitative estimate of drug-likeness (QED) is 0.578. The van der Waals surface area contributed by atoms with Crippen molar-refractivity contribution in [2.75, 3.05) is 13.2 Å². The Kier molecular flexibility index (Phi) is 5.35. The topological polar surface area (TPSA) is 145 Å². The van der Waals surface area contributed by atoms with Gasteiger partial charge in [0, 0.05) is 18.7 Å². The summed E-state index contributed by atoms with van der Waals surface area (Å²) in [5.41, 5.74) is -1.31. The smallest absolute Gasteiger partial charge is 0.407 e. The number of nitrogens with one attached hydrogen (secondary N) is 1. The highest BCUT2D eigenvalue weighted by Crippen LogP contribution is 2.28. The van der Waals surface area contributed by atoms with Gasteiger partial charge in [0.1, 0.15) is 12.2 Å². The van der Waals surface area contributed by atoms with Crippen LogP contribution in [0.1, 0.15) is 5.56 Å². The van der Waals surface area contributed by atoms with Crippen molar-refractivity contribution in [2.24, 2.45) is 0 Å². The summed E-state index contributed by atoms with van der Waals surface area (Å²) in [5, 5.41) is 32.2. The predicted octanol–water partition coefficient (Wildman–Crippen LogP) is 0.722. The molecule has 0 radical (unpaired) electrons. The van der Waals surface area contributed by atoms with Crippen LogP contribution in [-0.2, 0) is 11.3 Å². The second kappa shape index (κ2) is 6.99. The van der Waals surface area contributed by atoms with E-state index in [4.69, 9.17) is 5.11 Å². The van der Waals surface area contributed by atoms with Gasteiger partial charge in [0.05, 0.1) is 16.5 Å². The van der Waals surface area contributed by atoms with Crippen LogP contribution in [0.3, 0.4) is 0 Å². The van der Waals surface area contributed by atoms with Crippen molar-refractivity contribution < 1.29 is 24.5 Å². The van der Waals surface area contributed by atoms with Crippen LogP contribution in [0.4, 0.5) is 16.2 Å². The second-order valence-electron chi connectivity index (χ2n) is 3.52. The molecule has 0 bridgehead atoms. The zero-order valence-electron chi connectivity index (χ0n) is 10.1. The minimum absolute atomic E-state index is 0.0577. The van der Waals surface area contributed by atoms with Crippen LogP contribution in [0.5, 0.6) is 0 Å². The molecule has 108 valence electrons. The van der Waals surface area contributed by atoms with Crippen LogP contribution in [0.15, 0.2) is 18.2 Å². The lowest BCUT2D eigenvalue weighted by molar-refractivity contribution is -0.396. The number of aliphatic hydroxyl groups excluding tert-OH is 1. The Balaban J connectivity index is 2.94. The van der Waals surface area contributed by atoms with E-state index in [0.29, 0.717) is 0 Å². The minimum atomic E-state index is -0.938. The molecule has 10 heteroatoms. The molecule has 0 atom stereocenters. The summed E-state index contributed by atoms with van der Waals surface area (Å²) >= 11 is 0. The highest BCUT2D eigenvalue weighted by atomic mass is 16.6. The third kappa shape index (κ3) is 3.88. The molecule has 0 unspecified atom stereocenters. The van der Waals surface area contributed by atoms with Gasteiger partial charge in [-0.1, -0.05) is 0 Å². The summed E-state index contributed by atoms with van der Waals surface area (Å²) in [4.78, 5) is 31.2. The molecule has 0 saturated carbocycles. The maximum atomic E-state index is 11.2. The monoisotopic (exact) mass is 285 g/mol. The fourth-order valence-corrected chi connectivity index (χ4v) is 1.40. The molecule has 2 N–H and O–H groups in total. The first kappa shape index (κ1) is 15.3. The Morgan fingerprint density at radius 2 is 1.80 bits per heavy atom. The van der Waals surface area contributed by atoms with Gasteiger partial charge in [-0.25, -0.2) is 4.79 Å². The molecule has 1 aromatic rings. The lowest BCUT2D eigenvalue weighted by Crippen LogP contribution is -2.27. The summed E-state index contributed by atoms with van der Waals surface area (Å²) in [6.07, 6.45) is -0.938. The van der Waals surface area contributed by atoms with Gasteiger partial charge >= 0.3 is 6.09 Å². The van der Waals surface area contributed by atoms with Gasteiger partial charge in [0.15, 0.2) is 0 Å². The van der Waals surface area contributed by atoms with Crippen molar-refractivity contribution in [3.63, 3.8) is 0 Å². The minimum Gasteiger partial charge on any atom is -0.444 e. The second-order valence-corrected chi connectivity index (χ2v) is 3.52. The van der Waals surface area contributed by atoms with Crippen molar-refractivity contribution in [2.45, 2.75) is 6.61 Å². The van der Waals surface area contributed by atoms with E-state index in [1.807, 2.05) is 0 Å². The Morgan fingerprint density at radius 3 is 2.25 bits per heavy atom. The zero-order chi connectivity index (χ0) is 15.1. The van der Waals surface area contributed by atoms with Crippen LogP contribution in [-0.4, -0.2) is 34.2 Å². The Bertz CT molecular complexity index is 499. The van der Waals surface area contributed by atoms with Crippen LogP contribution in [0.2, 0.25) is 0 Å². The molecular formula is C10H11N3O7. The first-order valence-corrected chi connectivity index (χ1v) is 5.39. The van der Waals surface area contributed by atoms with Crippen LogP contribution in [0, 0.1) is 20.2 Å². The van der Waals surface area contributed by atoms with Gasteiger partial charge in [0.25, 0.3) is 11.4 Å². The number of hydrogen-bond donors (Lipinski definition) is 2. The number of aliphatic hydroxyl groups is 1. The van der Waals surface area contributed by atoms with E-state index in [0.717, 1.165) is 12.1 Å². The summed E-state index contributed by atoms with van der Waals surface area (Å²) in [7, 11) is 0. The van der Waals surface area contributed by atoms with E-state index in [9.17, 15) is 25.0 Å². The summed E-state index contributed by atoms with van der Waals surface area (Å²) in [6.45, 7) is -0.983. The van der Waals surface area contributed by atoms with E-state index in [1.165, 1.54) is 6.07 Å². The Hall–Kier alpha value is -2.75. The molecule has 0 aromatic heterocycles. The number of rotatable bonds is 6. The molecule has 0 aliphatic carbocycles. The number of ether oxygens (including phenoxy) is 1. The highest BCUT2D eigenvalue weighted by Gasteiger charge is 2.25. The number of carbonyl (C=O) groups is 1. The third-order valence-corrected chi connectivity index (χ3v) is 2.25. The van der Waals surface area contributed by atoms with Gasteiger partial charge in [-0.15, -0.1) is 0 Å². The maximum absolute atomic E-state index is 11.2. The van der Waals surface area contributed by atoms with Crippen molar-refractivity contribution in [3.05, 3.63) is 44.0 Å². The lowest BCUT2D eigenvalue weighted by atomic mass is 10.1. The number of carbonyl (C=O) groups excluding carboxylic acids is 1. The van der Waals surface area contributed by atoms with Gasteiger partial charge in [-0.2, -0.15) is 0 Å². The zero-order valence-corrected chi connectivity index (χ0v) is 10.1. The Morgan fingerprint density at radius 1 is 1.25 bits per heavy atom. The van der Waals surface area contributed by atoms with Gasteiger partial charge in [-0.05, 0) is 6.07 Å². The molecule has 0 aliphatic rings. The first-order valence-electron chi connectivity index (χ1n) is 5.39. The summed E-state index contributed by atoms with van der Waals surface area (Å²) in [5.74, 6) is 0. The molecule has 0 heterocycles. The van der Waals surface area contributed by atoms with Crippen molar-refractivity contribution in [1.29, 1.82) is 0 Å². The van der Waals surface area contributed by atoms with Gasteiger partial charge in [0.2, 0.25) is 0 Å². The van der Waals surface area contributed by atoms with Gasteiger partial charge in [-0.3, -0.25) is 20.2 Å². The molecule has 1 rings (SSSR count). The number of hydrogen-bond acceptors (Lipinski definition) is 7. The largest absolute Gasteiger partial charge is 0.444 e. The summed E-state index contributed by atoms with van der Waals surface area (Å²) in [6, 6.07) is 3.33. The number of amides is 1. The number of nitro benzene ring substituents is 2. The maximum Gasteiger partial charge on any atom is 0.407 e. The van der Waals surface area contributed by atoms with Crippen LogP contribution >= 0.6 is 0 Å². The molecule has 10 nitrogen and oxygen atoms in total. The highest BCUT2D eigenvalue weighted by molar-refractivity contribution is 5.67. The predicted molar refractivity (Wildman–Crippen MR) is 65.0 cm³/mol. The van der Waals surface area contributed by atoms with E-state index < -0.39 is 33.9 Å². The van der Waals surface area contributed by atoms with E-state index >= 15 is 0 Å². The molecule has 0 aliphatic heterocycles. The summed E-state index contributed by atoms with van der Waals surface area (Å²) < 4.78 is 4.64. The van der Waals surface area contributed by atoms with E-state index in [-0.39, 0.29) is 18.7 Å². The van der Waals surface area contributed by atoms with Crippen LogP contribution < -0.4 is 5.32 Å². The van der Waals surface area contributed by atoms with Crippen molar-refractivity contribution in [1.82, 2.24) is 5.32 Å². The molecule has 0 fully saturated rings. The third-order valence-electron chi connectivity index (χ3n) is 2.25. The molecule has 0 spiro atoms. The average molecular weight is 285 g/mol. The standard InChI is InChI=1S/C10H11N3O7/c14-5-4-11-10(15)20-6-7-8(12(16)17)2-1-3-9(7)13(18)19/h1-3,14H,4-6H2,(H,11,15). The fourth-order valence-electron chi connectivity index (χ4n) is 1.40. The lowest BCUT2D eigenvalue weighted by Gasteiger charge is -2.07. The SMILES string of the molecule is O=C(NCCO)OCc1c([N+](=O)[O-])cccc1[N+](=O)[O-]. The van der Waals surface area contributed by atoms with Gasteiger partial charge < -0.3 is 15.2 Å². The number of benzene rings is 1. The molecule has 20 heavy (non-hydrogen) atoms.